The number of nitro benzene ring substituents is 1. The zero-order valence-electron chi connectivity index (χ0n) is 9.49. The first-order valence-corrected chi connectivity index (χ1v) is 5.82. The largest absolute Gasteiger partial charge is 0.490 e. The lowest BCUT2D eigenvalue weighted by Gasteiger charge is -2.02. The summed E-state index contributed by atoms with van der Waals surface area (Å²) in [7, 11) is 1.39. The van der Waals surface area contributed by atoms with E-state index in [-0.39, 0.29) is 11.4 Å². The van der Waals surface area contributed by atoms with Crippen LogP contribution in [-0.2, 0) is 6.54 Å². The molecule has 0 aliphatic rings. The van der Waals surface area contributed by atoms with E-state index < -0.39 is 4.92 Å². The van der Waals surface area contributed by atoms with Gasteiger partial charge in [0.1, 0.15) is 10.0 Å². The minimum atomic E-state index is -0.493. The van der Waals surface area contributed by atoms with Crippen LogP contribution in [0.5, 0.6) is 5.75 Å². The molecule has 18 heavy (non-hydrogen) atoms. The number of nitrogens with zero attached hydrogens (tertiary/aromatic N) is 3. The molecule has 7 nitrogen and oxygen atoms in total. The number of ether oxygens (including phenoxy) is 1. The third-order valence-electron chi connectivity index (χ3n) is 2.26. The van der Waals surface area contributed by atoms with Gasteiger partial charge < -0.3 is 10.5 Å². The third-order valence-corrected chi connectivity index (χ3v) is 3.26. The second kappa shape index (κ2) is 5.07. The van der Waals surface area contributed by atoms with Crippen molar-refractivity contribution in [1.82, 2.24) is 10.2 Å². The average molecular weight is 266 g/mol. The molecule has 0 fully saturated rings. The lowest BCUT2D eigenvalue weighted by Crippen LogP contribution is -1.94. The maximum Gasteiger partial charge on any atom is 0.311 e. The van der Waals surface area contributed by atoms with Crippen LogP contribution in [0, 0.1) is 10.1 Å². The number of hydrogen-bond donors (Lipinski definition) is 1. The fraction of sp³-hybridized carbons (Fsp3) is 0.200. The SMILES string of the molecule is COc1ccc(-c2nnc(CN)s2)cc1[N+](=O)[O-]. The highest BCUT2D eigenvalue weighted by Gasteiger charge is 2.17. The van der Waals surface area contributed by atoms with Crippen LogP contribution in [0.4, 0.5) is 5.69 Å². The van der Waals surface area contributed by atoms with Gasteiger partial charge in [0.25, 0.3) is 0 Å². The maximum atomic E-state index is 10.9. The minimum Gasteiger partial charge on any atom is -0.490 e. The number of nitrogens with two attached hydrogens (primary N) is 1. The molecule has 0 saturated heterocycles. The Morgan fingerprint density at radius 2 is 2.28 bits per heavy atom. The van der Waals surface area contributed by atoms with E-state index in [1.165, 1.54) is 30.6 Å². The molecular weight excluding hydrogens is 256 g/mol. The summed E-state index contributed by atoms with van der Waals surface area (Å²) in [4.78, 5) is 10.4. The van der Waals surface area contributed by atoms with Crippen LogP contribution >= 0.6 is 11.3 Å². The zero-order chi connectivity index (χ0) is 13.1. The number of hydrogen-bond acceptors (Lipinski definition) is 7. The quantitative estimate of drug-likeness (QED) is 0.665. The molecule has 8 heteroatoms. The van der Waals surface area contributed by atoms with Gasteiger partial charge in [-0.3, -0.25) is 10.1 Å². The van der Waals surface area contributed by atoms with Crippen molar-refractivity contribution in [2.24, 2.45) is 5.73 Å². The van der Waals surface area contributed by atoms with Crippen molar-refractivity contribution in [3.8, 4) is 16.3 Å². The van der Waals surface area contributed by atoms with E-state index in [2.05, 4.69) is 10.2 Å². The summed E-state index contributed by atoms with van der Waals surface area (Å²) in [6, 6.07) is 4.66. The lowest BCUT2D eigenvalue weighted by atomic mass is 10.2. The highest BCUT2D eigenvalue weighted by molar-refractivity contribution is 7.14. The first-order chi connectivity index (χ1) is 8.65. The zero-order valence-corrected chi connectivity index (χ0v) is 10.3. The van der Waals surface area contributed by atoms with E-state index in [0.717, 1.165) is 0 Å². The third kappa shape index (κ3) is 2.29. The predicted molar refractivity (Wildman–Crippen MR) is 66.4 cm³/mol. The van der Waals surface area contributed by atoms with E-state index in [9.17, 15) is 10.1 Å². The molecule has 0 atom stereocenters. The molecular formula is C10H10N4O3S. The molecule has 94 valence electrons. The van der Waals surface area contributed by atoms with Crippen LogP contribution < -0.4 is 10.5 Å². The maximum absolute atomic E-state index is 10.9. The molecule has 2 rings (SSSR count). The Hall–Kier alpha value is -2.06. The molecule has 1 aromatic carbocycles. The normalized spacial score (nSPS) is 10.3. The van der Waals surface area contributed by atoms with Crippen molar-refractivity contribution in [3.05, 3.63) is 33.3 Å². The number of aromatic nitrogens is 2. The second-order valence-electron chi connectivity index (χ2n) is 3.35. The fourth-order valence-corrected chi connectivity index (χ4v) is 2.13. The van der Waals surface area contributed by atoms with E-state index >= 15 is 0 Å². The molecule has 0 radical (unpaired) electrons. The van der Waals surface area contributed by atoms with Crippen molar-refractivity contribution in [2.75, 3.05) is 7.11 Å². The van der Waals surface area contributed by atoms with Crippen LogP contribution in [0.3, 0.4) is 0 Å². The Bertz CT molecular complexity index is 584. The van der Waals surface area contributed by atoms with Gasteiger partial charge in [-0.15, -0.1) is 10.2 Å². The average Bonchev–Trinajstić information content (AvgIpc) is 2.86. The summed E-state index contributed by atoms with van der Waals surface area (Å²) in [5, 5.41) is 20.0. The Kier molecular flexibility index (Phi) is 3.49. The van der Waals surface area contributed by atoms with E-state index in [1.54, 1.807) is 6.07 Å². The van der Waals surface area contributed by atoms with E-state index in [4.69, 9.17) is 10.5 Å². The molecule has 2 N–H and O–H groups in total. The number of methoxy groups -OCH3 is 1. The minimum absolute atomic E-state index is 0.0977. The van der Waals surface area contributed by atoms with Crippen molar-refractivity contribution in [3.63, 3.8) is 0 Å². The second-order valence-corrected chi connectivity index (χ2v) is 4.41. The fourth-order valence-electron chi connectivity index (χ4n) is 1.42. The highest BCUT2D eigenvalue weighted by Crippen LogP contribution is 2.33. The van der Waals surface area contributed by atoms with Crippen LogP contribution in [0.25, 0.3) is 10.6 Å². The Morgan fingerprint density at radius 1 is 1.50 bits per heavy atom. The summed E-state index contributed by atoms with van der Waals surface area (Å²) in [6.07, 6.45) is 0. The molecule has 0 bridgehead atoms. The van der Waals surface area contributed by atoms with Crippen LogP contribution in [0.2, 0.25) is 0 Å². The van der Waals surface area contributed by atoms with Gasteiger partial charge in [0.2, 0.25) is 0 Å². The van der Waals surface area contributed by atoms with Crippen LogP contribution in [0.15, 0.2) is 18.2 Å². The number of benzene rings is 1. The van der Waals surface area contributed by atoms with Crippen molar-refractivity contribution >= 4 is 17.0 Å². The molecule has 0 aliphatic heterocycles. The first-order valence-electron chi connectivity index (χ1n) is 5.01. The lowest BCUT2D eigenvalue weighted by molar-refractivity contribution is -0.385. The van der Waals surface area contributed by atoms with E-state index in [0.29, 0.717) is 22.1 Å². The van der Waals surface area contributed by atoms with E-state index in [1.807, 2.05) is 0 Å². The van der Waals surface area contributed by atoms with Gasteiger partial charge in [-0.2, -0.15) is 0 Å². The van der Waals surface area contributed by atoms with Gasteiger partial charge in [0.15, 0.2) is 5.75 Å². The Morgan fingerprint density at radius 3 is 2.83 bits per heavy atom. The van der Waals surface area contributed by atoms with Crippen LogP contribution in [-0.4, -0.2) is 22.2 Å². The standard InChI is InChI=1S/C10H10N4O3S/c1-17-8-3-2-6(4-7(8)14(15)16)10-13-12-9(5-11)18-10/h2-4H,5,11H2,1H3. The molecule has 2 aromatic rings. The summed E-state index contributed by atoms with van der Waals surface area (Å²) in [5.74, 6) is 0.215. The topological polar surface area (TPSA) is 104 Å². The van der Waals surface area contributed by atoms with Gasteiger partial charge >= 0.3 is 5.69 Å². The van der Waals surface area contributed by atoms with Gasteiger partial charge in [-0.05, 0) is 12.1 Å². The van der Waals surface area contributed by atoms with Crippen molar-refractivity contribution < 1.29 is 9.66 Å². The molecule has 0 spiro atoms. The summed E-state index contributed by atoms with van der Waals surface area (Å²) >= 11 is 1.31. The first kappa shape index (κ1) is 12.4. The molecule has 0 saturated carbocycles. The Balaban J connectivity index is 2.46. The molecule has 1 aromatic heterocycles. The van der Waals surface area contributed by atoms with Gasteiger partial charge in [0.05, 0.1) is 12.0 Å². The molecule has 0 unspecified atom stereocenters. The molecule has 0 amide bonds. The van der Waals surface area contributed by atoms with Crippen molar-refractivity contribution in [2.45, 2.75) is 6.54 Å². The van der Waals surface area contributed by atoms with Gasteiger partial charge in [-0.1, -0.05) is 11.3 Å². The summed E-state index contributed by atoms with van der Waals surface area (Å²) in [6.45, 7) is 0.302. The van der Waals surface area contributed by atoms with Crippen LogP contribution in [0.1, 0.15) is 5.01 Å². The highest BCUT2D eigenvalue weighted by atomic mass is 32.1. The predicted octanol–water partition coefficient (Wildman–Crippen LogP) is 1.58. The number of nitro groups is 1. The van der Waals surface area contributed by atoms with Gasteiger partial charge in [-0.25, -0.2) is 0 Å². The summed E-state index contributed by atoms with van der Waals surface area (Å²) in [5.41, 5.74) is 5.97. The summed E-state index contributed by atoms with van der Waals surface area (Å²) < 4.78 is 4.93. The molecule has 0 aliphatic carbocycles. The smallest absolute Gasteiger partial charge is 0.311 e. The Labute approximate surface area is 106 Å². The monoisotopic (exact) mass is 266 g/mol. The van der Waals surface area contributed by atoms with Gasteiger partial charge in [0, 0.05) is 18.2 Å². The number of rotatable bonds is 4. The van der Waals surface area contributed by atoms with Crippen molar-refractivity contribution in [1.29, 1.82) is 0 Å². The molecule has 1 heterocycles.